The van der Waals surface area contributed by atoms with Crippen LogP contribution in [0.3, 0.4) is 0 Å². The van der Waals surface area contributed by atoms with Crippen molar-refractivity contribution in [3.8, 4) is 0 Å². The first kappa shape index (κ1) is 11.1. The summed E-state index contributed by atoms with van der Waals surface area (Å²) in [5.74, 6) is -0.113. The molecule has 1 aromatic carbocycles. The van der Waals surface area contributed by atoms with Gasteiger partial charge in [0, 0.05) is 12.6 Å². The summed E-state index contributed by atoms with van der Waals surface area (Å²) < 4.78 is 4.77. The average molecular weight is 219 g/mol. The number of carbonyl (C=O) groups is 1. The fraction of sp³-hybridized carbons (Fsp3) is 0.462. The van der Waals surface area contributed by atoms with Gasteiger partial charge in [-0.25, -0.2) is 0 Å². The van der Waals surface area contributed by atoms with Crippen molar-refractivity contribution in [1.29, 1.82) is 0 Å². The molecule has 16 heavy (non-hydrogen) atoms. The zero-order valence-electron chi connectivity index (χ0n) is 9.69. The first-order valence-corrected chi connectivity index (χ1v) is 5.59. The van der Waals surface area contributed by atoms with Crippen LogP contribution in [0, 0.1) is 12.8 Å². The van der Waals surface area contributed by atoms with Gasteiger partial charge in [0.05, 0.1) is 13.0 Å². The van der Waals surface area contributed by atoms with E-state index in [0.29, 0.717) is 6.54 Å². The molecular formula is C13H17NO2. The highest BCUT2D eigenvalue weighted by Crippen LogP contribution is 2.29. The highest BCUT2D eigenvalue weighted by Gasteiger charge is 2.31. The fourth-order valence-electron chi connectivity index (χ4n) is 2.30. The van der Waals surface area contributed by atoms with Gasteiger partial charge >= 0.3 is 5.97 Å². The van der Waals surface area contributed by atoms with E-state index in [-0.39, 0.29) is 17.9 Å². The van der Waals surface area contributed by atoms with Gasteiger partial charge in [-0.05, 0) is 24.5 Å². The van der Waals surface area contributed by atoms with E-state index in [0.717, 1.165) is 6.42 Å². The number of hydrogen-bond acceptors (Lipinski definition) is 3. The van der Waals surface area contributed by atoms with Crippen LogP contribution < -0.4 is 5.32 Å². The molecule has 1 heterocycles. The number of ether oxygens (including phenoxy) is 1. The molecule has 2 atom stereocenters. The second kappa shape index (κ2) is 4.66. The maximum atomic E-state index is 11.4. The number of aryl methyl sites for hydroxylation is 1. The van der Waals surface area contributed by atoms with E-state index in [9.17, 15) is 4.79 Å². The lowest BCUT2D eigenvalue weighted by Crippen LogP contribution is -2.19. The molecule has 1 aliphatic heterocycles. The Morgan fingerprint density at radius 3 is 2.88 bits per heavy atom. The lowest BCUT2D eigenvalue weighted by molar-refractivity contribution is -0.144. The van der Waals surface area contributed by atoms with Gasteiger partial charge < -0.3 is 10.1 Å². The molecule has 0 aromatic heterocycles. The molecule has 0 amide bonds. The first-order chi connectivity index (χ1) is 7.72. The summed E-state index contributed by atoms with van der Waals surface area (Å²) >= 11 is 0. The molecule has 1 fully saturated rings. The molecule has 2 rings (SSSR count). The molecule has 1 N–H and O–H groups in total. The number of esters is 1. The van der Waals surface area contributed by atoms with Gasteiger partial charge in [-0.1, -0.05) is 24.3 Å². The summed E-state index contributed by atoms with van der Waals surface area (Å²) in [6, 6.07) is 8.57. The minimum atomic E-state index is -0.108. The lowest BCUT2D eigenvalue weighted by atomic mass is 9.97. The normalized spacial score (nSPS) is 24.4. The quantitative estimate of drug-likeness (QED) is 0.771. The molecule has 0 bridgehead atoms. The number of methoxy groups -OCH3 is 1. The van der Waals surface area contributed by atoms with Gasteiger partial charge in [-0.3, -0.25) is 4.79 Å². The second-order valence-electron chi connectivity index (χ2n) is 4.27. The maximum absolute atomic E-state index is 11.4. The molecule has 0 saturated carbocycles. The van der Waals surface area contributed by atoms with Crippen LogP contribution in [0.2, 0.25) is 0 Å². The molecule has 0 spiro atoms. The molecule has 86 valence electrons. The van der Waals surface area contributed by atoms with Crippen molar-refractivity contribution in [1.82, 2.24) is 5.32 Å². The predicted molar refractivity (Wildman–Crippen MR) is 62.0 cm³/mol. The van der Waals surface area contributed by atoms with Crippen molar-refractivity contribution in [3.05, 3.63) is 35.4 Å². The van der Waals surface area contributed by atoms with Crippen molar-refractivity contribution in [2.24, 2.45) is 5.92 Å². The van der Waals surface area contributed by atoms with Crippen molar-refractivity contribution in [3.63, 3.8) is 0 Å². The minimum absolute atomic E-state index is 0.00499. The topological polar surface area (TPSA) is 38.3 Å². The molecule has 1 aromatic rings. The van der Waals surface area contributed by atoms with Gasteiger partial charge in [-0.2, -0.15) is 0 Å². The highest BCUT2D eigenvalue weighted by molar-refractivity contribution is 5.73. The van der Waals surface area contributed by atoms with Crippen molar-refractivity contribution >= 4 is 5.97 Å². The number of carbonyl (C=O) groups excluding carboxylic acids is 1. The molecule has 1 aliphatic rings. The van der Waals surface area contributed by atoms with Gasteiger partial charge in [0.1, 0.15) is 0 Å². The summed E-state index contributed by atoms with van der Waals surface area (Å²) in [5.41, 5.74) is 2.56. The van der Waals surface area contributed by atoms with Gasteiger partial charge in [0.2, 0.25) is 0 Å². The van der Waals surface area contributed by atoms with Crippen LogP contribution in [-0.2, 0) is 9.53 Å². The Kier molecular flexibility index (Phi) is 3.25. The lowest BCUT2D eigenvalue weighted by Gasteiger charge is -2.13. The summed E-state index contributed by atoms with van der Waals surface area (Å²) in [7, 11) is 1.45. The third-order valence-electron chi connectivity index (χ3n) is 3.23. The summed E-state index contributed by atoms with van der Waals surface area (Å²) in [4.78, 5) is 11.4. The molecule has 2 unspecified atom stereocenters. The maximum Gasteiger partial charge on any atom is 0.310 e. The largest absolute Gasteiger partial charge is 0.469 e. The molecule has 0 aliphatic carbocycles. The van der Waals surface area contributed by atoms with Crippen LogP contribution in [0.5, 0.6) is 0 Å². The zero-order chi connectivity index (χ0) is 11.5. The van der Waals surface area contributed by atoms with E-state index in [1.54, 1.807) is 0 Å². The van der Waals surface area contributed by atoms with E-state index in [1.807, 2.05) is 12.1 Å². The summed E-state index contributed by atoms with van der Waals surface area (Å²) in [6.45, 7) is 2.81. The number of rotatable bonds is 2. The Morgan fingerprint density at radius 2 is 2.19 bits per heavy atom. The van der Waals surface area contributed by atoms with E-state index in [1.165, 1.54) is 18.2 Å². The third kappa shape index (κ3) is 2.09. The highest BCUT2D eigenvalue weighted by atomic mass is 16.5. The number of hydrogen-bond donors (Lipinski definition) is 1. The Balaban J connectivity index is 2.09. The SMILES string of the molecule is COC(=O)C1CNC(c2ccccc2C)C1. The van der Waals surface area contributed by atoms with Crippen LogP contribution in [-0.4, -0.2) is 19.6 Å². The van der Waals surface area contributed by atoms with Crippen molar-refractivity contribution < 1.29 is 9.53 Å². The molecule has 3 heteroatoms. The number of nitrogens with one attached hydrogen (secondary N) is 1. The van der Waals surface area contributed by atoms with Crippen LogP contribution >= 0.6 is 0 Å². The van der Waals surface area contributed by atoms with E-state index < -0.39 is 0 Å². The first-order valence-electron chi connectivity index (χ1n) is 5.59. The van der Waals surface area contributed by atoms with Crippen molar-refractivity contribution in [2.45, 2.75) is 19.4 Å². The molecule has 3 nitrogen and oxygen atoms in total. The van der Waals surface area contributed by atoms with Crippen molar-refractivity contribution in [2.75, 3.05) is 13.7 Å². The number of benzene rings is 1. The molecule has 1 saturated heterocycles. The van der Waals surface area contributed by atoms with E-state index >= 15 is 0 Å². The van der Waals surface area contributed by atoms with Crippen LogP contribution in [0.1, 0.15) is 23.6 Å². The standard InChI is InChI=1S/C13H17NO2/c1-9-5-3-4-6-11(9)12-7-10(8-14-12)13(15)16-2/h3-6,10,12,14H,7-8H2,1-2H3. The Morgan fingerprint density at radius 1 is 1.44 bits per heavy atom. The molecular weight excluding hydrogens is 202 g/mol. The smallest absolute Gasteiger partial charge is 0.310 e. The predicted octanol–water partition coefficient (Wildman–Crippen LogP) is 1.82. The monoisotopic (exact) mass is 219 g/mol. The summed E-state index contributed by atoms with van der Waals surface area (Å²) in [5, 5.41) is 3.38. The van der Waals surface area contributed by atoms with E-state index in [2.05, 4.69) is 24.4 Å². The average Bonchev–Trinajstić information content (AvgIpc) is 2.78. The van der Waals surface area contributed by atoms with Gasteiger partial charge in [0.15, 0.2) is 0 Å². The van der Waals surface area contributed by atoms with Crippen LogP contribution in [0.15, 0.2) is 24.3 Å². The van der Waals surface area contributed by atoms with E-state index in [4.69, 9.17) is 4.74 Å². The van der Waals surface area contributed by atoms with Gasteiger partial charge in [0.25, 0.3) is 0 Å². The third-order valence-corrected chi connectivity index (χ3v) is 3.23. The summed E-state index contributed by atoms with van der Waals surface area (Å²) in [6.07, 6.45) is 0.831. The van der Waals surface area contributed by atoms with Crippen LogP contribution in [0.4, 0.5) is 0 Å². The Hall–Kier alpha value is -1.35. The zero-order valence-corrected chi connectivity index (χ0v) is 9.69. The van der Waals surface area contributed by atoms with Crippen LogP contribution in [0.25, 0.3) is 0 Å². The minimum Gasteiger partial charge on any atom is -0.469 e. The Bertz CT molecular complexity index is 389. The molecule has 0 radical (unpaired) electrons. The second-order valence-corrected chi connectivity index (χ2v) is 4.27. The Labute approximate surface area is 95.8 Å². The fourth-order valence-corrected chi connectivity index (χ4v) is 2.30. The van der Waals surface area contributed by atoms with Gasteiger partial charge in [-0.15, -0.1) is 0 Å².